The second kappa shape index (κ2) is 10.8. The number of aryl methyl sites for hydroxylation is 3. The van der Waals surface area contributed by atoms with Crippen molar-refractivity contribution >= 4 is 16.0 Å². The molecule has 0 bridgehead atoms. The average molecular weight is 526 g/mol. The summed E-state index contributed by atoms with van der Waals surface area (Å²) in [5.74, 6) is 0.350. The number of piperidine rings is 2. The van der Waals surface area contributed by atoms with Gasteiger partial charge in [0, 0.05) is 44.0 Å². The van der Waals surface area contributed by atoms with Crippen molar-refractivity contribution in [1.29, 1.82) is 0 Å². The Morgan fingerprint density at radius 2 is 1.76 bits per heavy atom. The van der Waals surface area contributed by atoms with Crippen LogP contribution in [0, 0.1) is 13.8 Å². The molecule has 0 saturated carbocycles. The molecule has 2 aromatic heterocycles. The molecule has 4 heterocycles. The van der Waals surface area contributed by atoms with Gasteiger partial charge in [-0.1, -0.05) is 18.2 Å². The van der Waals surface area contributed by atoms with Crippen LogP contribution in [0.4, 0.5) is 5.95 Å². The zero-order valence-corrected chi connectivity index (χ0v) is 22.5. The van der Waals surface area contributed by atoms with Gasteiger partial charge in [0.05, 0.1) is 11.9 Å². The summed E-state index contributed by atoms with van der Waals surface area (Å²) in [7, 11) is -2.24. The number of nitrogens with zero attached hydrogens (tertiary/aromatic N) is 5. The van der Waals surface area contributed by atoms with Crippen LogP contribution >= 0.6 is 0 Å². The summed E-state index contributed by atoms with van der Waals surface area (Å²) in [6.45, 7) is 8.18. The largest absolute Gasteiger partial charge is 0.474 e. The molecule has 0 aliphatic carbocycles. The van der Waals surface area contributed by atoms with Crippen molar-refractivity contribution in [3.63, 3.8) is 0 Å². The van der Waals surface area contributed by atoms with Gasteiger partial charge in [0.15, 0.2) is 0 Å². The van der Waals surface area contributed by atoms with Crippen molar-refractivity contribution in [2.75, 3.05) is 30.9 Å². The minimum absolute atomic E-state index is 0.0152. The van der Waals surface area contributed by atoms with Crippen molar-refractivity contribution in [3.05, 3.63) is 47.8 Å². The van der Waals surface area contributed by atoms with E-state index in [4.69, 9.17) is 4.74 Å². The lowest BCUT2D eigenvalue weighted by atomic mass is 9.99. The molecular formula is C26H35N7O3S. The van der Waals surface area contributed by atoms with Gasteiger partial charge in [-0.2, -0.15) is 10.1 Å². The van der Waals surface area contributed by atoms with Gasteiger partial charge in [-0.05, 0) is 63.7 Å². The first kappa shape index (κ1) is 25.6. The molecule has 2 aliphatic heterocycles. The highest BCUT2D eigenvalue weighted by Crippen LogP contribution is 2.30. The van der Waals surface area contributed by atoms with Crippen molar-refractivity contribution in [3.8, 4) is 17.1 Å². The zero-order valence-electron chi connectivity index (χ0n) is 21.6. The van der Waals surface area contributed by atoms with E-state index in [0.29, 0.717) is 17.6 Å². The Kier molecular flexibility index (Phi) is 7.45. The Morgan fingerprint density at radius 3 is 2.41 bits per heavy atom. The van der Waals surface area contributed by atoms with Crippen LogP contribution in [0.25, 0.3) is 11.3 Å². The lowest BCUT2D eigenvalue weighted by molar-refractivity contribution is 0.0631. The van der Waals surface area contributed by atoms with E-state index in [-0.39, 0.29) is 16.9 Å². The van der Waals surface area contributed by atoms with Crippen molar-refractivity contribution < 1.29 is 13.2 Å². The molecule has 11 heteroatoms. The van der Waals surface area contributed by atoms with E-state index in [1.54, 1.807) is 7.05 Å². The monoisotopic (exact) mass is 525 g/mol. The molecule has 0 atom stereocenters. The second-order valence-corrected chi connectivity index (χ2v) is 11.7. The van der Waals surface area contributed by atoms with E-state index in [2.05, 4.69) is 30.0 Å². The number of rotatable bonds is 7. The minimum Gasteiger partial charge on any atom is -0.474 e. The molecule has 2 N–H and O–H groups in total. The first-order chi connectivity index (χ1) is 17.8. The van der Waals surface area contributed by atoms with Crippen molar-refractivity contribution in [1.82, 2.24) is 30.0 Å². The zero-order chi connectivity index (χ0) is 26.0. The predicted octanol–water partition coefficient (Wildman–Crippen LogP) is 2.89. The van der Waals surface area contributed by atoms with Crippen LogP contribution in [0.5, 0.6) is 5.88 Å². The summed E-state index contributed by atoms with van der Waals surface area (Å²) in [6.07, 6.45) is 6.94. The second-order valence-electron chi connectivity index (χ2n) is 9.97. The van der Waals surface area contributed by atoms with Crippen LogP contribution in [0.1, 0.15) is 36.8 Å². The third-order valence-electron chi connectivity index (χ3n) is 7.25. The summed E-state index contributed by atoms with van der Waals surface area (Å²) in [4.78, 5) is 11.7. The highest BCUT2D eigenvalue weighted by Gasteiger charge is 2.28. The summed E-state index contributed by atoms with van der Waals surface area (Å²) >= 11 is 0. The lowest BCUT2D eigenvalue weighted by Crippen LogP contribution is -2.48. The molecule has 2 saturated heterocycles. The first-order valence-corrected chi connectivity index (χ1v) is 14.4. The molecule has 3 aromatic rings. The minimum atomic E-state index is -3.91. The van der Waals surface area contributed by atoms with Gasteiger partial charge in [0.2, 0.25) is 11.8 Å². The molecule has 0 unspecified atom stereocenters. The maximum Gasteiger partial charge on any atom is 0.267 e. The van der Waals surface area contributed by atoms with Gasteiger partial charge < -0.3 is 15.0 Å². The Bertz CT molecular complexity index is 1320. The van der Waals surface area contributed by atoms with Crippen LogP contribution in [0.3, 0.4) is 0 Å². The van der Waals surface area contributed by atoms with Gasteiger partial charge in [-0.15, -0.1) is 0 Å². The number of hydrogen-bond donors (Lipinski definition) is 2. The SMILES string of the molecule is Cc1cccc(C)c1-c1cc(OC2CCN(C3CCNCC3)CC2)nc(NS(=O)(=O)c2cnn(C)c2)n1. The molecular weight excluding hydrogens is 490 g/mol. The van der Waals surface area contributed by atoms with E-state index in [9.17, 15) is 8.42 Å². The summed E-state index contributed by atoms with van der Waals surface area (Å²) in [6, 6.07) is 8.48. The molecule has 37 heavy (non-hydrogen) atoms. The molecule has 0 radical (unpaired) electrons. The topological polar surface area (TPSA) is 114 Å². The van der Waals surface area contributed by atoms with Crippen LogP contribution in [0.2, 0.25) is 0 Å². The predicted molar refractivity (Wildman–Crippen MR) is 142 cm³/mol. The van der Waals surface area contributed by atoms with E-state index < -0.39 is 10.0 Å². The number of ether oxygens (including phenoxy) is 1. The fourth-order valence-electron chi connectivity index (χ4n) is 5.30. The fraction of sp³-hybridized carbons (Fsp3) is 0.500. The van der Waals surface area contributed by atoms with Crippen LogP contribution in [-0.4, -0.2) is 71.4 Å². The maximum absolute atomic E-state index is 13.0. The maximum atomic E-state index is 13.0. The highest BCUT2D eigenvalue weighted by molar-refractivity contribution is 7.92. The Morgan fingerprint density at radius 1 is 1.05 bits per heavy atom. The number of benzene rings is 1. The standard InChI is InChI=1S/C26H35N7O3S/c1-18-5-4-6-19(2)25(18)23-15-24(30-26(29-23)31-37(34,35)22-16-28-32(3)17-22)36-21-9-13-33(14-10-21)20-7-11-27-12-8-20/h4-6,15-17,20-21,27H,7-14H2,1-3H3,(H,29,30,31). The Hall–Kier alpha value is -3.02. The summed E-state index contributed by atoms with van der Waals surface area (Å²) < 4.78 is 36.3. The van der Waals surface area contributed by atoms with E-state index in [0.717, 1.165) is 55.7 Å². The number of likely N-dealkylation sites (tertiary alicyclic amines) is 1. The molecule has 10 nitrogen and oxygen atoms in total. The molecule has 0 spiro atoms. The van der Waals surface area contributed by atoms with Gasteiger partial charge in [-0.25, -0.2) is 18.1 Å². The summed E-state index contributed by atoms with van der Waals surface area (Å²) in [5.41, 5.74) is 3.65. The smallest absolute Gasteiger partial charge is 0.267 e. The molecule has 0 amide bonds. The van der Waals surface area contributed by atoms with Crippen molar-refractivity contribution in [2.45, 2.75) is 56.6 Å². The average Bonchev–Trinajstić information content (AvgIpc) is 3.32. The van der Waals surface area contributed by atoms with Gasteiger partial charge in [0.1, 0.15) is 11.0 Å². The first-order valence-electron chi connectivity index (χ1n) is 12.9. The molecule has 1 aromatic carbocycles. The Balaban J connectivity index is 1.39. The number of nitrogens with one attached hydrogen (secondary N) is 2. The summed E-state index contributed by atoms with van der Waals surface area (Å²) in [5, 5.41) is 7.41. The normalized spacial score (nSPS) is 18.1. The van der Waals surface area contributed by atoms with Crippen molar-refractivity contribution in [2.24, 2.45) is 7.05 Å². The number of anilines is 1. The van der Waals surface area contributed by atoms with Gasteiger partial charge in [0.25, 0.3) is 10.0 Å². The van der Waals surface area contributed by atoms with Crippen LogP contribution in [0.15, 0.2) is 41.6 Å². The molecule has 5 rings (SSSR count). The van der Waals surface area contributed by atoms with Gasteiger partial charge >= 0.3 is 0 Å². The lowest BCUT2D eigenvalue weighted by Gasteiger charge is -2.39. The quantitative estimate of drug-likeness (QED) is 0.484. The molecule has 198 valence electrons. The third-order valence-corrected chi connectivity index (χ3v) is 8.53. The number of sulfonamides is 1. The van der Waals surface area contributed by atoms with Gasteiger partial charge in [-0.3, -0.25) is 4.68 Å². The van der Waals surface area contributed by atoms with Crippen LogP contribution < -0.4 is 14.8 Å². The molecule has 2 fully saturated rings. The molecule has 2 aliphatic rings. The Labute approximate surface area is 218 Å². The number of aromatic nitrogens is 4. The third kappa shape index (κ3) is 5.94. The van der Waals surface area contributed by atoms with E-state index in [1.165, 1.54) is 29.9 Å². The fourth-order valence-corrected chi connectivity index (χ4v) is 6.22. The number of hydrogen-bond acceptors (Lipinski definition) is 8. The van der Waals surface area contributed by atoms with Crippen LogP contribution in [-0.2, 0) is 17.1 Å². The van der Waals surface area contributed by atoms with E-state index in [1.807, 2.05) is 38.1 Å². The highest BCUT2D eigenvalue weighted by atomic mass is 32.2. The van der Waals surface area contributed by atoms with E-state index >= 15 is 0 Å².